The highest BCUT2D eigenvalue weighted by Crippen LogP contribution is 2.47. The first-order valence-electron chi connectivity index (χ1n) is 5.14. The van der Waals surface area contributed by atoms with Gasteiger partial charge >= 0.3 is 0 Å². The van der Waals surface area contributed by atoms with Crippen LogP contribution < -0.4 is 0 Å². The molecule has 0 bridgehead atoms. The highest BCUT2D eigenvalue weighted by molar-refractivity contribution is 5.03. The van der Waals surface area contributed by atoms with Crippen molar-refractivity contribution in [1.82, 2.24) is 0 Å². The van der Waals surface area contributed by atoms with Crippen molar-refractivity contribution in [2.45, 2.75) is 38.3 Å². The van der Waals surface area contributed by atoms with E-state index in [9.17, 15) is 15.3 Å². The van der Waals surface area contributed by atoms with Gasteiger partial charge in [0.2, 0.25) is 0 Å². The van der Waals surface area contributed by atoms with E-state index in [4.69, 9.17) is 4.74 Å². The molecule has 2 rings (SSSR count). The minimum absolute atomic E-state index is 0.0163. The molecule has 0 aromatic rings. The molecular weight excluding hydrogens is 184 g/mol. The molecule has 1 saturated carbocycles. The van der Waals surface area contributed by atoms with E-state index in [1.165, 1.54) is 0 Å². The molecule has 0 amide bonds. The van der Waals surface area contributed by atoms with Gasteiger partial charge in [0.15, 0.2) is 6.29 Å². The van der Waals surface area contributed by atoms with Gasteiger partial charge in [-0.1, -0.05) is 6.92 Å². The lowest BCUT2D eigenvalue weighted by molar-refractivity contribution is -0.208. The minimum Gasteiger partial charge on any atom is -0.390 e. The third-order valence-electron chi connectivity index (χ3n) is 4.01. The number of fused-ring (bicyclic) bond motifs is 1. The van der Waals surface area contributed by atoms with Crippen molar-refractivity contribution >= 4 is 0 Å². The van der Waals surface area contributed by atoms with Crippen LogP contribution in [0.5, 0.6) is 0 Å². The van der Waals surface area contributed by atoms with Gasteiger partial charge in [-0.05, 0) is 19.3 Å². The Morgan fingerprint density at radius 3 is 2.64 bits per heavy atom. The molecule has 0 radical (unpaired) electrons. The van der Waals surface area contributed by atoms with Crippen LogP contribution >= 0.6 is 0 Å². The van der Waals surface area contributed by atoms with E-state index in [-0.39, 0.29) is 17.8 Å². The van der Waals surface area contributed by atoms with E-state index >= 15 is 0 Å². The van der Waals surface area contributed by atoms with Crippen LogP contribution in [0.15, 0.2) is 0 Å². The van der Waals surface area contributed by atoms with Crippen LogP contribution in [0.2, 0.25) is 0 Å². The van der Waals surface area contributed by atoms with Gasteiger partial charge in [-0.15, -0.1) is 0 Å². The zero-order valence-electron chi connectivity index (χ0n) is 8.55. The fraction of sp³-hybridized carbons (Fsp3) is 1.00. The lowest BCUT2D eigenvalue weighted by Crippen LogP contribution is -2.47. The Morgan fingerprint density at radius 2 is 2.00 bits per heavy atom. The molecule has 1 saturated heterocycles. The Morgan fingerprint density at radius 1 is 1.36 bits per heavy atom. The van der Waals surface area contributed by atoms with Crippen LogP contribution in [0.3, 0.4) is 0 Å². The largest absolute Gasteiger partial charge is 0.390 e. The van der Waals surface area contributed by atoms with E-state index in [1.54, 1.807) is 6.92 Å². The Hall–Kier alpha value is -0.160. The summed E-state index contributed by atoms with van der Waals surface area (Å²) in [5, 5.41) is 29.3. The third-order valence-corrected chi connectivity index (χ3v) is 4.01. The van der Waals surface area contributed by atoms with Crippen molar-refractivity contribution in [3.63, 3.8) is 0 Å². The maximum Gasteiger partial charge on any atom is 0.157 e. The lowest BCUT2D eigenvalue weighted by atomic mass is 9.79. The fourth-order valence-corrected chi connectivity index (χ4v) is 2.78. The monoisotopic (exact) mass is 202 g/mol. The van der Waals surface area contributed by atoms with Gasteiger partial charge in [-0.3, -0.25) is 0 Å². The Labute approximate surface area is 83.5 Å². The first-order valence-corrected chi connectivity index (χ1v) is 5.14. The van der Waals surface area contributed by atoms with Crippen molar-refractivity contribution in [1.29, 1.82) is 0 Å². The fourth-order valence-electron chi connectivity index (χ4n) is 2.78. The molecule has 3 N–H and O–H groups in total. The topological polar surface area (TPSA) is 69.9 Å². The normalized spacial score (nSPS) is 58.5. The summed E-state index contributed by atoms with van der Waals surface area (Å²) >= 11 is 0. The maximum absolute atomic E-state index is 10.1. The second-order valence-corrected chi connectivity index (χ2v) is 4.83. The Kier molecular flexibility index (Phi) is 2.34. The van der Waals surface area contributed by atoms with E-state index in [0.717, 1.165) is 0 Å². The molecule has 0 aromatic carbocycles. The second-order valence-electron chi connectivity index (χ2n) is 4.83. The van der Waals surface area contributed by atoms with Crippen LogP contribution in [0, 0.1) is 17.8 Å². The molecule has 0 unspecified atom stereocenters. The predicted octanol–water partition coefficient (Wildman–Crippen LogP) is -0.281. The quantitative estimate of drug-likeness (QED) is 0.505. The molecule has 14 heavy (non-hydrogen) atoms. The average molecular weight is 202 g/mol. The van der Waals surface area contributed by atoms with E-state index in [0.29, 0.717) is 13.0 Å². The van der Waals surface area contributed by atoms with Gasteiger partial charge in [0, 0.05) is 11.8 Å². The summed E-state index contributed by atoms with van der Waals surface area (Å²) in [6.45, 7) is 3.88. The van der Waals surface area contributed by atoms with Crippen molar-refractivity contribution in [2.75, 3.05) is 6.61 Å². The number of rotatable bonds is 0. The number of aliphatic hydroxyl groups excluding tert-OH is 2. The molecule has 4 nitrogen and oxygen atoms in total. The van der Waals surface area contributed by atoms with E-state index in [2.05, 4.69) is 0 Å². The highest BCUT2D eigenvalue weighted by Gasteiger charge is 2.55. The van der Waals surface area contributed by atoms with Gasteiger partial charge in [-0.2, -0.15) is 0 Å². The molecule has 6 atom stereocenters. The van der Waals surface area contributed by atoms with Crippen LogP contribution in [-0.2, 0) is 4.74 Å². The van der Waals surface area contributed by atoms with Crippen LogP contribution in [0.4, 0.5) is 0 Å². The van der Waals surface area contributed by atoms with Gasteiger partial charge in [0.1, 0.15) is 0 Å². The van der Waals surface area contributed by atoms with Crippen LogP contribution in [-0.4, -0.2) is 39.9 Å². The minimum atomic E-state index is -1.07. The first-order chi connectivity index (χ1) is 6.44. The molecule has 1 heterocycles. The second kappa shape index (κ2) is 3.17. The van der Waals surface area contributed by atoms with E-state index < -0.39 is 18.0 Å². The molecule has 1 aliphatic carbocycles. The van der Waals surface area contributed by atoms with Gasteiger partial charge in [0.25, 0.3) is 0 Å². The van der Waals surface area contributed by atoms with Crippen molar-refractivity contribution in [3.05, 3.63) is 0 Å². The summed E-state index contributed by atoms with van der Waals surface area (Å²) in [6.07, 6.45) is -0.898. The molecule has 0 spiro atoms. The van der Waals surface area contributed by atoms with E-state index in [1.807, 2.05) is 6.92 Å². The average Bonchev–Trinajstić information content (AvgIpc) is 2.33. The number of ether oxygens (including phenoxy) is 1. The van der Waals surface area contributed by atoms with Crippen LogP contribution in [0.25, 0.3) is 0 Å². The molecule has 2 aliphatic rings. The summed E-state index contributed by atoms with van der Waals surface area (Å²) in [4.78, 5) is 0. The van der Waals surface area contributed by atoms with Crippen molar-refractivity contribution < 1.29 is 20.1 Å². The maximum atomic E-state index is 10.1. The van der Waals surface area contributed by atoms with Crippen molar-refractivity contribution in [2.24, 2.45) is 17.8 Å². The van der Waals surface area contributed by atoms with Crippen LogP contribution in [0.1, 0.15) is 20.3 Å². The number of hydrogen-bond acceptors (Lipinski definition) is 4. The standard InChI is InChI=1S/C10H18O4/c1-5-6-3-8(11)10(2,13)7(6)4-14-9(5)12/h5-9,11-13H,3-4H2,1-2H3/t5-,6+,7-,8-,9-,10-/m0/s1. The first kappa shape index (κ1) is 10.4. The van der Waals surface area contributed by atoms with Gasteiger partial charge < -0.3 is 20.1 Å². The Bertz CT molecular complexity index is 228. The molecule has 2 fully saturated rings. The summed E-state index contributed by atoms with van der Waals surface area (Å²) < 4.78 is 5.17. The number of aliphatic hydroxyl groups is 3. The molecular formula is C10H18O4. The predicted molar refractivity (Wildman–Crippen MR) is 49.4 cm³/mol. The molecule has 4 heteroatoms. The summed E-state index contributed by atoms with van der Waals surface area (Å²) in [5.74, 6) is 0.0806. The summed E-state index contributed by atoms with van der Waals surface area (Å²) in [7, 11) is 0. The SMILES string of the molecule is C[C@H]1[C@H]2C[C@H](O)[C@@](C)(O)[C@H]2CO[C@@H]1O. The molecule has 1 aliphatic heterocycles. The third kappa shape index (κ3) is 1.29. The van der Waals surface area contributed by atoms with Gasteiger partial charge in [0.05, 0.1) is 18.3 Å². The summed E-state index contributed by atoms with van der Waals surface area (Å²) in [6, 6.07) is 0. The summed E-state index contributed by atoms with van der Waals surface area (Å²) in [5.41, 5.74) is -1.07. The highest BCUT2D eigenvalue weighted by atomic mass is 16.6. The molecule has 82 valence electrons. The van der Waals surface area contributed by atoms with Gasteiger partial charge in [-0.25, -0.2) is 0 Å². The lowest BCUT2D eigenvalue weighted by Gasteiger charge is -2.39. The number of hydrogen-bond donors (Lipinski definition) is 3. The molecule has 0 aromatic heterocycles. The smallest absolute Gasteiger partial charge is 0.157 e. The zero-order valence-corrected chi connectivity index (χ0v) is 8.55. The Balaban J connectivity index is 2.21. The zero-order chi connectivity index (χ0) is 10.5. The van der Waals surface area contributed by atoms with Crippen molar-refractivity contribution in [3.8, 4) is 0 Å².